The van der Waals surface area contributed by atoms with Crippen molar-refractivity contribution in [2.24, 2.45) is 0 Å². The summed E-state index contributed by atoms with van der Waals surface area (Å²) in [6.45, 7) is 2.03. The monoisotopic (exact) mass is 235 g/mol. The third kappa shape index (κ3) is 6.34. The van der Waals surface area contributed by atoms with Crippen LogP contribution in [0.2, 0.25) is 0 Å². The van der Waals surface area contributed by atoms with Crippen molar-refractivity contribution in [1.29, 1.82) is 0 Å². The van der Waals surface area contributed by atoms with Crippen LogP contribution in [-0.4, -0.2) is 40.6 Å². The minimum absolute atomic E-state index is 0.0223. The zero-order valence-electron chi connectivity index (χ0n) is 8.71. The summed E-state index contributed by atoms with van der Waals surface area (Å²) < 4.78 is 0. The van der Waals surface area contributed by atoms with E-state index < -0.39 is 16.1 Å². The maximum Gasteiger partial charge on any atom is 0.375 e. The molecule has 0 aliphatic carbocycles. The zero-order valence-corrected chi connectivity index (χ0v) is 8.71. The summed E-state index contributed by atoms with van der Waals surface area (Å²) in [7, 11) is 0. The highest BCUT2D eigenvalue weighted by atomic mass is 16.7. The number of carbonyl (C=O) groups is 1. The molecule has 0 aromatic rings. The molecule has 0 aliphatic rings. The largest absolute Gasteiger partial charge is 0.375 e. The van der Waals surface area contributed by atoms with E-state index in [9.17, 15) is 25.0 Å². The Morgan fingerprint density at radius 3 is 2.31 bits per heavy atom. The van der Waals surface area contributed by atoms with Crippen molar-refractivity contribution in [1.82, 2.24) is 15.8 Å². The van der Waals surface area contributed by atoms with Crippen LogP contribution in [0.1, 0.15) is 13.3 Å². The first-order valence-corrected chi connectivity index (χ1v) is 4.55. The molecule has 10 heteroatoms. The number of nitrogens with one attached hydrogen (secondary N) is 2. The minimum Gasteiger partial charge on any atom is -0.319 e. The van der Waals surface area contributed by atoms with Gasteiger partial charge in [-0.2, -0.15) is 0 Å². The molecule has 0 radical (unpaired) electrons. The highest BCUT2D eigenvalue weighted by Gasteiger charge is 2.16. The molecule has 0 saturated carbocycles. The van der Waals surface area contributed by atoms with Crippen LogP contribution in [-0.2, 0) is 0 Å². The van der Waals surface area contributed by atoms with Crippen molar-refractivity contribution >= 4 is 6.03 Å². The summed E-state index contributed by atoms with van der Waals surface area (Å²) in [4.78, 5) is 32.3. The summed E-state index contributed by atoms with van der Waals surface area (Å²) in [6.07, 6.45) is 0.601. The van der Waals surface area contributed by atoms with Gasteiger partial charge >= 0.3 is 6.03 Å². The van der Waals surface area contributed by atoms with Crippen LogP contribution in [0, 0.1) is 20.2 Å². The Bertz CT molecular complexity index is 270. The van der Waals surface area contributed by atoms with E-state index in [2.05, 4.69) is 0 Å². The second-order valence-corrected chi connectivity index (χ2v) is 2.83. The standard InChI is InChI=1S/C6H13N5O5/c1-2-4-9(5-3-7-10(13)14)6(12)8-11(15)16/h7H,2-5H2,1H3,(H,8,12). The summed E-state index contributed by atoms with van der Waals surface area (Å²) in [5.74, 6) is 0. The predicted molar refractivity (Wildman–Crippen MR) is 52.4 cm³/mol. The van der Waals surface area contributed by atoms with Crippen LogP contribution in [0.5, 0.6) is 0 Å². The van der Waals surface area contributed by atoms with E-state index in [0.717, 1.165) is 4.90 Å². The highest BCUT2D eigenvalue weighted by Crippen LogP contribution is 1.91. The smallest absolute Gasteiger partial charge is 0.319 e. The lowest BCUT2D eigenvalue weighted by Crippen LogP contribution is -2.46. The third-order valence-corrected chi connectivity index (χ3v) is 1.59. The van der Waals surface area contributed by atoms with E-state index in [1.165, 1.54) is 5.43 Å². The van der Waals surface area contributed by atoms with Gasteiger partial charge in [-0.15, -0.1) is 5.43 Å². The molecule has 0 fully saturated rings. The Labute approximate surface area is 90.8 Å². The van der Waals surface area contributed by atoms with E-state index in [1.54, 1.807) is 6.92 Å². The SMILES string of the molecule is CCCN(CCN[N+](=O)[O-])C(=O)N[N+](=O)[O-]. The lowest BCUT2D eigenvalue weighted by molar-refractivity contribution is -0.544. The molecule has 0 aliphatic heterocycles. The molecule has 10 nitrogen and oxygen atoms in total. The first-order chi connectivity index (χ1) is 7.47. The Hall–Kier alpha value is -2.13. The predicted octanol–water partition coefficient (Wildman–Crippen LogP) is -0.619. The Balaban J connectivity index is 4.09. The number of urea groups is 1. The molecule has 0 aromatic carbocycles. The number of hydrazine groups is 2. The quantitative estimate of drug-likeness (QED) is 0.446. The van der Waals surface area contributed by atoms with Crippen LogP contribution < -0.4 is 10.9 Å². The second kappa shape index (κ2) is 7.20. The van der Waals surface area contributed by atoms with Crippen LogP contribution >= 0.6 is 0 Å². The molecular weight excluding hydrogens is 222 g/mol. The molecule has 2 N–H and O–H groups in total. The van der Waals surface area contributed by atoms with Crippen molar-refractivity contribution < 1.29 is 14.9 Å². The van der Waals surface area contributed by atoms with Gasteiger partial charge in [0.2, 0.25) is 0 Å². The number of hydrogen-bond donors (Lipinski definition) is 2. The van der Waals surface area contributed by atoms with Gasteiger partial charge in [0, 0.05) is 13.1 Å². The van der Waals surface area contributed by atoms with E-state index in [0.29, 0.717) is 13.0 Å². The molecule has 0 aromatic heterocycles. The Morgan fingerprint density at radius 1 is 1.25 bits per heavy atom. The number of nitro groups is 2. The Kier molecular flexibility index (Phi) is 6.24. The maximum absolute atomic E-state index is 11.2. The first-order valence-electron chi connectivity index (χ1n) is 4.55. The zero-order chi connectivity index (χ0) is 12.6. The molecule has 0 heterocycles. The lowest BCUT2D eigenvalue weighted by Gasteiger charge is -2.18. The van der Waals surface area contributed by atoms with Gasteiger partial charge in [-0.05, 0) is 6.42 Å². The van der Waals surface area contributed by atoms with E-state index in [4.69, 9.17) is 0 Å². The molecule has 0 saturated heterocycles. The molecule has 0 atom stereocenters. The van der Waals surface area contributed by atoms with Gasteiger partial charge in [0.1, 0.15) is 0 Å². The summed E-state index contributed by atoms with van der Waals surface area (Å²) in [5, 5.41) is 18.3. The lowest BCUT2D eigenvalue weighted by atomic mass is 10.4. The van der Waals surface area contributed by atoms with Gasteiger partial charge in [0.15, 0.2) is 10.1 Å². The van der Waals surface area contributed by atoms with Gasteiger partial charge < -0.3 is 4.90 Å². The molecule has 92 valence electrons. The first kappa shape index (κ1) is 13.9. The maximum atomic E-state index is 11.2. The molecular formula is C6H13N5O5. The fourth-order valence-corrected chi connectivity index (χ4v) is 1.01. The summed E-state index contributed by atoms with van der Waals surface area (Å²) >= 11 is 0. The van der Waals surface area contributed by atoms with Crippen LogP contribution in [0.4, 0.5) is 4.79 Å². The van der Waals surface area contributed by atoms with Gasteiger partial charge in [-0.25, -0.2) is 25.0 Å². The number of amides is 2. The highest BCUT2D eigenvalue weighted by molar-refractivity contribution is 5.72. The molecule has 2 amide bonds. The average Bonchev–Trinajstić information content (AvgIpc) is 2.14. The van der Waals surface area contributed by atoms with Crippen molar-refractivity contribution in [3.8, 4) is 0 Å². The van der Waals surface area contributed by atoms with Gasteiger partial charge in [0.05, 0.1) is 6.54 Å². The number of hydrogen-bond acceptors (Lipinski definition) is 5. The van der Waals surface area contributed by atoms with Crippen molar-refractivity contribution in [2.45, 2.75) is 13.3 Å². The Morgan fingerprint density at radius 2 is 1.88 bits per heavy atom. The number of rotatable bonds is 7. The molecule has 0 rings (SSSR count). The molecule has 0 spiro atoms. The van der Waals surface area contributed by atoms with Crippen molar-refractivity contribution in [2.75, 3.05) is 19.6 Å². The minimum atomic E-state index is -0.966. The van der Waals surface area contributed by atoms with E-state index in [1.807, 2.05) is 5.43 Å². The average molecular weight is 235 g/mol. The van der Waals surface area contributed by atoms with Gasteiger partial charge in [0.25, 0.3) is 0 Å². The number of nitrogens with zero attached hydrogens (tertiary/aromatic N) is 3. The van der Waals surface area contributed by atoms with Gasteiger partial charge in [-0.3, -0.25) is 0 Å². The van der Waals surface area contributed by atoms with Crippen molar-refractivity contribution in [3.05, 3.63) is 20.2 Å². The summed E-state index contributed by atoms with van der Waals surface area (Å²) in [6, 6.07) is -0.878. The van der Waals surface area contributed by atoms with Gasteiger partial charge in [-0.1, -0.05) is 12.3 Å². The second-order valence-electron chi connectivity index (χ2n) is 2.83. The molecule has 16 heavy (non-hydrogen) atoms. The fraction of sp³-hybridized carbons (Fsp3) is 0.833. The topological polar surface area (TPSA) is 131 Å². The normalized spacial score (nSPS) is 9.31. The van der Waals surface area contributed by atoms with Crippen LogP contribution in [0.3, 0.4) is 0 Å². The van der Waals surface area contributed by atoms with E-state index >= 15 is 0 Å². The van der Waals surface area contributed by atoms with Crippen LogP contribution in [0.15, 0.2) is 0 Å². The number of carbonyl (C=O) groups excluding carboxylic acids is 1. The summed E-state index contributed by atoms with van der Waals surface area (Å²) in [5.41, 5.74) is 3.35. The van der Waals surface area contributed by atoms with Crippen molar-refractivity contribution in [3.63, 3.8) is 0 Å². The molecule has 0 bridgehead atoms. The third-order valence-electron chi connectivity index (χ3n) is 1.59. The molecule has 0 unspecified atom stereocenters. The van der Waals surface area contributed by atoms with Crippen LogP contribution in [0.25, 0.3) is 0 Å². The fourth-order valence-electron chi connectivity index (χ4n) is 1.01. The van der Waals surface area contributed by atoms with E-state index in [-0.39, 0.29) is 13.1 Å².